The minimum absolute atomic E-state index is 0.100. The van der Waals surface area contributed by atoms with Crippen LogP contribution in [0.25, 0.3) is 0 Å². The predicted octanol–water partition coefficient (Wildman–Crippen LogP) is 1.59. The highest BCUT2D eigenvalue weighted by Crippen LogP contribution is 2.58. The van der Waals surface area contributed by atoms with Crippen molar-refractivity contribution in [3.05, 3.63) is 0 Å². The Hall–Kier alpha value is -0.530. The Balaban J connectivity index is 1.97. The van der Waals surface area contributed by atoms with Crippen LogP contribution in [0.1, 0.15) is 26.2 Å². The van der Waals surface area contributed by atoms with E-state index >= 15 is 0 Å². The highest BCUT2D eigenvalue weighted by atomic mass is 16.5. The van der Waals surface area contributed by atoms with Crippen LogP contribution >= 0.6 is 0 Å². The SMILES string of the molecule is CCC1C2CC3C(=O)OC2CC31. The van der Waals surface area contributed by atoms with Gasteiger partial charge in [0, 0.05) is 0 Å². The molecule has 4 rings (SSSR count). The number of fused-ring (bicyclic) bond motifs is 1. The van der Waals surface area contributed by atoms with E-state index in [-0.39, 0.29) is 11.9 Å². The van der Waals surface area contributed by atoms with Gasteiger partial charge in [-0.15, -0.1) is 0 Å². The third-order valence-corrected chi connectivity index (χ3v) is 4.17. The van der Waals surface area contributed by atoms with Gasteiger partial charge in [-0.25, -0.2) is 0 Å². The van der Waals surface area contributed by atoms with Gasteiger partial charge in [0.25, 0.3) is 0 Å². The molecule has 0 spiro atoms. The molecule has 2 saturated heterocycles. The molecule has 4 fully saturated rings. The van der Waals surface area contributed by atoms with Gasteiger partial charge in [0.2, 0.25) is 0 Å². The van der Waals surface area contributed by atoms with Crippen LogP contribution < -0.4 is 0 Å². The molecule has 12 heavy (non-hydrogen) atoms. The molecule has 4 aliphatic rings. The lowest BCUT2D eigenvalue weighted by molar-refractivity contribution is -0.169. The highest BCUT2D eigenvalue weighted by Gasteiger charge is 2.60. The van der Waals surface area contributed by atoms with Gasteiger partial charge in [-0.2, -0.15) is 0 Å². The summed E-state index contributed by atoms with van der Waals surface area (Å²) in [4.78, 5) is 11.3. The van der Waals surface area contributed by atoms with Gasteiger partial charge >= 0.3 is 5.97 Å². The van der Waals surface area contributed by atoms with Gasteiger partial charge in [0.1, 0.15) is 6.10 Å². The number of rotatable bonds is 1. The summed E-state index contributed by atoms with van der Waals surface area (Å²) in [6.45, 7) is 2.24. The molecule has 0 aromatic heterocycles. The van der Waals surface area contributed by atoms with Gasteiger partial charge in [-0.05, 0) is 30.6 Å². The summed E-state index contributed by atoms with van der Waals surface area (Å²) >= 11 is 0. The van der Waals surface area contributed by atoms with Crippen LogP contribution in [-0.2, 0) is 9.53 Å². The Morgan fingerprint density at radius 1 is 1.42 bits per heavy atom. The van der Waals surface area contributed by atoms with Gasteiger partial charge < -0.3 is 4.74 Å². The molecular weight excluding hydrogens is 152 g/mol. The Bertz CT molecular complexity index is 236. The Morgan fingerprint density at radius 2 is 2.25 bits per heavy atom. The average Bonchev–Trinajstić information content (AvgIpc) is 2.54. The van der Waals surface area contributed by atoms with Gasteiger partial charge in [-0.3, -0.25) is 4.79 Å². The molecule has 2 nitrogen and oxygen atoms in total. The van der Waals surface area contributed by atoms with E-state index in [0.29, 0.717) is 12.0 Å². The van der Waals surface area contributed by atoms with Crippen molar-refractivity contribution in [2.24, 2.45) is 23.7 Å². The van der Waals surface area contributed by atoms with Crippen molar-refractivity contribution in [3.63, 3.8) is 0 Å². The Kier molecular flexibility index (Phi) is 1.18. The van der Waals surface area contributed by atoms with E-state index in [1.54, 1.807) is 0 Å². The van der Waals surface area contributed by atoms with Crippen molar-refractivity contribution in [2.75, 3.05) is 0 Å². The number of carbonyl (C=O) groups excluding carboxylic acids is 1. The van der Waals surface area contributed by atoms with Gasteiger partial charge in [0.15, 0.2) is 0 Å². The second-order valence-electron chi connectivity index (χ2n) is 4.45. The fourth-order valence-corrected chi connectivity index (χ4v) is 3.72. The number of ether oxygens (including phenoxy) is 1. The van der Waals surface area contributed by atoms with Crippen LogP contribution in [-0.4, -0.2) is 12.1 Å². The highest BCUT2D eigenvalue weighted by molar-refractivity contribution is 5.75. The quantitative estimate of drug-likeness (QED) is 0.553. The zero-order valence-corrected chi connectivity index (χ0v) is 7.32. The molecule has 2 aliphatic carbocycles. The van der Waals surface area contributed by atoms with Crippen LogP contribution in [0.5, 0.6) is 0 Å². The van der Waals surface area contributed by atoms with E-state index in [1.807, 2.05) is 0 Å². The second kappa shape index (κ2) is 2.04. The molecule has 0 amide bonds. The monoisotopic (exact) mass is 166 g/mol. The summed E-state index contributed by atoms with van der Waals surface area (Å²) in [5, 5.41) is 0. The molecule has 2 heterocycles. The third-order valence-electron chi connectivity index (χ3n) is 4.17. The topological polar surface area (TPSA) is 26.3 Å². The van der Waals surface area contributed by atoms with Crippen LogP contribution in [0.4, 0.5) is 0 Å². The molecule has 2 heteroatoms. The lowest BCUT2D eigenvalue weighted by atomic mass is 9.84. The van der Waals surface area contributed by atoms with E-state index < -0.39 is 0 Å². The second-order valence-corrected chi connectivity index (χ2v) is 4.45. The molecule has 2 aliphatic heterocycles. The summed E-state index contributed by atoms with van der Waals surface area (Å²) in [5.41, 5.74) is 0. The van der Waals surface area contributed by atoms with Crippen LogP contribution in [0.3, 0.4) is 0 Å². The molecule has 0 radical (unpaired) electrons. The number of esters is 1. The third kappa shape index (κ3) is 0.606. The minimum Gasteiger partial charge on any atom is -0.462 e. The molecule has 0 aromatic rings. The summed E-state index contributed by atoms with van der Waals surface area (Å²) in [6.07, 6.45) is 3.84. The van der Waals surface area contributed by atoms with Crippen molar-refractivity contribution < 1.29 is 9.53 Å². The first kappa shape index (κ1) is 6.93. The molecule has 0 N–H and O–H groups in total. The van der Waals surface area contributed by atoms with E-state index in [0.717, 1.165) is 18.3 Å². The lowest BCUT2D eigenvalue weighted by Gasteiger charge is -2.33. The fraction of sp³-hybridized carbons (Fsp3) is 0.900. The van der Waals surface area contributed by atoms with E-state index in [9.17, 15) is 4.79 Å². The Labute approximate surface area is 72.3 Å². The van der Waals surface area contributed by atoms with Crippen molar-refractivity contribution >= 4 is 5.97 Å². The molecular formula is C10H14O2. The number of hydrogen-bond acceptors (Lipinski definition) is 2. The summed E-state index contributed by atoms with van der Waals surface area (Å²) in [6, 6.07) is 0. The minimum atomic E-state index is 0.100. The van der Waals surface area contributed by atoms with Gasteiger partial charge in [0.05, 0.1) is 5.92 Å². The first-order valence-corrected chi connectivity index (χ1v) is 5.01. The van der Waals surface area contributed by atoms with Crippen LogP contribution in [0.2, 0.25) is 0 Å². The van der Waals surface area contributed by atoms with E-state index in [4.69, 9.17) is 4.74 Å². The molecule has 0 aromatic carbocycles. The van der Waals surface area contributed by atoms with Crippen LogP contribution in [0.15, 0.2) is 0 Å². The first-order chi connectivity index (χ1) is 5.81. The fourth-order valence-electron chi connectivity index (χ4n) is 3.72. The lowest BCUT2D eigenvalue weighted by Crippen LogP contribution is -2.39. The summed E-state index contributed by atoms with van der Waals surface area (Å²) in [5.74, 6) is 2.59. The van der Waals surface area contributed by atoms with Crippen molar-refractivity contribution in [1.29, 1.82) is 0 Å². The molecule has 4 bridgehead atoms. The number of carbonyl (C=O) groups is 1. The maximum absolute atomic E-state index is 11.3. The van der Waals surface area contributed by atoms with Crippen LogP contribution in [0, 0.1) is 23.7 Å². The first-order valence-electron chi connectivity index (χ1n) is 5.01. The van der Waals surface area contributed by atoms with E-state index in [2.05, 4.69) is 6.92 Å². The summed E-state index contributed by atoms with van der Waals surface area (Å²) < 4.78 is 5.33. The van der Waals surface area contributed by atoms with Crippen molar-refractivity contribution in [2.45, 2.75) is 32.3 Å². The molecule has 66 valence electrons. The summed E-state index contributed by atoms with van der Waals surface area (Å²) in [7, 11) is 0. The molecule has 2 saturated carbocycles. The zero-order chi connectivity index (χ0) is 8.29. The normalized spacial score (nSPS) is 54.8. The molecule has 5 atom stereocenters. The standard InChI is InChI=1S/C10H14O2/c1-2-5-6-4-9-7(5)3-8(6)10(11)12-9/h5-9H,2-4H2,1H3. The average molecular weight is 166 g/mol. The maximum Gasteiger partial charge on any atom is 0.309 e. The zero-order valence-electron chi connectivity index (χ0n) is 7.32. The smallest absolute Gasteiger partial charge is 0.309 e. The van der Waals surface area contributed by atoms with Crippen molar-refractivity contribution in [1.82, 2.24) is 0 Å². The largest absolute Gasteiger partial charge is 0.462 e. The predicted molar refractivity (Wildman–Crippen MR) is 43.4 cm³/mol. The van der Waals surface area contributed by atoms with E-state index in [1.165, 1.54) is 12.8 Å². The van der Waals surface area contributed by atoms with Crippen molar-refractivity contribution in [3.8, 4) is 0 Å². The molecule has 5 unspecified atom stereocenters. The Morgan fingerprint density at radius 3 is 2.83 bits per heavy atom. The maximum atomic E-state index is 11.3. The van der Waals surface area contributed by atoms with Gasteiger partial charge in [-0.1, -0.05) is 13.3 Å². The number of hydrogen-bond donors (Lipinski definition) is 0.